The van der Waals surface area contributed by atoms with Crippen LogP contribution in [0.4, 0.5) is 0 Å². The highest BCUT2D eigenvalue weighted by atomic mass is 35.6. The molecular weight excluding hydrogens is 238 g/mol. The average Bonchev–Trinajstić information content (AvgIpc) is 1.81. The fourth-order valence-electron chi connectivity index (χ4n) is 0.606. The van der Waals surface area contributed by atoms with Gasteiger partial charge in [-0.15, -0.1) is 0 Å². The molecule has 0 radical (unpaired) electrons. The molecule has 0 rings (SSSR count). The summed E-state index contributed by atoms with van der Waals surface area (Å²) in [6.07, 6.45) is -1.02. The van der Waals surface area contributed by atoms with E-state index in [-0.39, 0.29) is 0 Å². The van der Waals surface area contributed by atoms with Gasteiger partial charge in [-0.2, -0.15) is 0 Å². The van der Waals surface area contributed by atoms with E-state index >= 15 is 0 Å². The number of hydrogen-bond donors (Lipinski definition) is 2. The highest BCUT2D eigenvalue weighted by Gasteiger charge is 2.33. The van der Waals surface area contributed by atoms with Crippen molar-refractivity contribution in [3.63, 3.8) is 0 Å². The number of carbonyl (C=O) groups is 2. The summed E-state index contributed by atoms with van der Waals surface area (Å²) in [5.41, 5.74) is 0. The van der Waals surface area contributed by atoms with Gasteiger partial charge in [0, 0.05) is 13.8 Å². The Kier molecular flexibility index (Phi) is 4.81. The Morgan fingerprint density at radius 1 is 1.08 bits per heavy atom. The minimum Gasteiger partial charge on any atom is -0.333 e. The van der Waals surface area contributed by atoms with Crippen molar-refractivity contribution in [2.45, 2.75) is 23.8 Å². The van der Waals surface area contributed by atoms with Crippen molar-refractivity contribution >= 4 is 46.6 Å². The van der Waals surface area contributed by atoms with E-state index in [2.05, 4.69) is 10.6 Å². The number of amides is 2. The Morgan fingerprint density at radius 2 is 1.38 bits per heavy atom. The molecule has 0 fully saturated rings. The van der Waals surface area contributed by atoms with Crippen molar-refractivity contribution in [3.05, 3.63) is 0 Å². The van der Waals surface area contributed by atoms with Crippen LogP contribution >= 0.6 is 34.8 Å². The minimum absolute atomic E-state index is 0.398. The summed E-state index contributed by atoms with van der Waals surface area (Å²) < 4.78 is -1.77. The first kappa shape index (κ1) is 12.8. The highest BCUT2D eigenvalue weighted by Crippen LogP contribution is 2.28. The lowest BCUT2D eigenvalue weighted by atomic mass is 10.5. The average molecular weight is 248 g/mol. The van der Waals surface area contributed by atoms with Crippen LogP contribution in [0.5, 0.6) is 0 Å². The molecule has 0 heterocycles. The van der Waals surface area contributed by atoms with Gasteiger partial charge in [-0.3, -0.25) is 9.59 Å². The van der Waals surface area contributed by atoms with Gasteiger partial charge in [0.15, 0.2) is 0 Å². The second-order valence-corrected chi connectivity index (χ2v) is 4.74. The molecule has 0 aromatic carbocycles. The van der Waals surface area contributed by atoms with E-state index < -0.39 is 21.8 Å². The Morgan fingerprint density at radius 3 is 1.54 bits per heavy atom. The summed E-state index contributed by atoms with van der Waals surface area (Å²) in [4.78, 5) is 21.3. The summed E-state index contributed by atoms with van der Waals surface area (Å²) in [6, 6.07) is 0. The van der Waals surface area contributed by atoms with Gasteiger partial charge in [0.1, 0.15) is 6.17 Å². The highest BCUT2D eigenvalue weighted by molar-refractivity contribution is 6.68. The van der Waals surface area contributed by atoms with Gasteiger partial charge >= 0.3 is 0 Å². The molecule has 13 heavy (non-hydrogen) atoms. The van der Waals surface area contributed by atoms with Crippen LogP contribution in [-0.2, 0) is 9.59 Å². The third-order valence-electron chi connectivity index (χ3n) is 1.02. The molecule has 7 heteroatoms. The van der Waals surface area contributed by atoms with Crippen LogP contribution in [0, 0.1) is 0 Å². The van der Waals surface area contributed by atoms with Crippen molar-refractivity contribution in [1.29, 1.82) is 0 Å². The monoisotopic (exact) mass is 246 g/mol. The van der Waals surface area contributed by atoms with E-state index in [1.807, 2.05) is 0 Å². The van der Waals surface area contributed by atoms with Crippen molar-refractivity contribution in [2.24, 2.45) is 0 Å². The Balaban J connectivity index is 4.37. The van der Waals surface area contributed by atoms with Gasteiger partial charge in [0.05, 0.1) is 0 Å². The van der Waals surface area contributed by atoms with Crippen molar-refractivity contribution in [1.82, 2.24) is 10.6 Å². The molecular formula is C6H9Cl3N2O2. The van der Waals surface area contributed by atoms with Gasteiger partial charge in [-0.1, -0.05) is 34.8 Å². The number of hydrogen-bond acceptors (Lipinski definition) is 2. The summed E-state index contributed by atoms with van der Waals surface area (Å²) in [5.74, 6) is -0.796. The summed E-state index contributed by atoms with van der Waals surface area (Å²) >= 11 is 16.5. The predicted octanol–water partition coefficient (Wildman–Crippen LogP) is 0.955. The standard InChI is InChI=1S/C6H9Cl3N2O2/c1-3(12)10-5(6(7,8)9)11-4(2)13/h5H,1-2H3,(H,10,12)(H,11,13). The third-order valence-corrected chi connectivity index (χ3v) is 1.68. The normalized spacial score (nSPS) is 11.2. The van der Waals surface area contributed by atoms with E-state index in [0.717, 1.165) is 0 Å². The predicted molar refractivity (Wildman–Crippen MR) is 51.7 cm³/mol. The molecule has 0 atom stereocenters. The maximum Gasteiger partial charge on any atom is 0.228 e. The Bertz CT molecular complexity index is 198. The molecule has 0 saturated carbocycles. The number of rotatable bonds is 2. The Labute approximate surface area is 90.9 Å². The largest absolute Gasteiger partial charge is 0.333 e. The maximum absolute atomic E-state index is 10.6. The maximum atomic E-state index is 10.6. The molecule has 0 aliphatic heterocycles. The molecule has 0 aromatic heterocycles. The molecule has 0 spiro atoms. The molecule has 0 saturated heterocycles. The van der Waals surface area contributed by atoms with Crippen LogP contribution < -0.4 is 10.6 Å². The van der Waals surface area contributed by atoms with Crippen LogP contribution in [-0.4, -0.2) is 21.8 Å². The van der Waals surface area contributed by atoms with Crippen molar-refractivity contribution in [3.8, 4) is 0 Å². The second-order valence-electron chi connectivity index (χ2n) is 2.38. The third kappa shape index (κ3) is 5.96. The van der Waals surface area contributed by atoms with Crippen molar-refractivity contribution < 1.29 is 9.59 Å². The first-order chi connectivity index (χ1) is 5.73. The SMILES string of the molecule is CC(=O)NC(NC(C)=O)C(Cl)(Cl)Cl. The lowest BCUT2D eigenvalue weighted by Gasteiger charge is -2.25. The number of alkyl halides is 3. The summed E-state index contributed by atoms with van der Waals surface area (Å²) in [7, 11) is 0. The fourth-order valence-corrected chi connectivity index (χ4v) is 0.934. The Hall–Kier alpha value is -0.190. The molecule has 2 N–H and O–H groups in total. The molecule has 0 aliphatic carbocycles. The van der Waals surface area contributed by atoms with E-state index in [1.54, 1.807) is 0 Å². The number of halogens is 3. The first-order valence-electron chi connectivity index (χ1n) is 3.34. The molecule has 0 aliphatic rings. The van der Waals surface area contributed by atoms with Crippen LogP contribution in [0.2, 0.25) is 0 Å². The minimum atomic E-state index is -1.77. The van der Waals surface area contributed by atoms with Crippen molar-refractivity contribution in [2.75, 3.05) is 0 Å². The van der Waals surface area contributed by atoms with Gasteiger partial charge in [0.2, 0.25) is 15.6 Å². The lowest BCUT2D eigenvalue weighted by molar-refractivity contribution is -0.122. The molecule has 76 valence electrons. The molecule has 2 amide bonds. The zero-order valence-corrected chi connectivity index (χ0v) is 9.30. The van der Waals surface area contributed by atoms with Gasteiger partial charge in [-0.25, -0.2) is 0 Å². The van der Waals surface area contributed by atoms with Crippen LogP contribution in [0.3, 0.4) is 0 Å². The van der Waals surface area contributed by atoms with Crippen LogP contribution in [0.25, 0.3) is 0 Å². The van der Waals surface area contributed by atoms with E-state index in [4.69, 9.17) is 34.8 Å². The molecule has 0 aromatic rings. The molecule has 0 unspecified atom stereocenters. The first-order valence-corrected chi connectivity index (χ1v) is 4.48. The van der Waals surface area contributed by atoms with Gasteiger partial charge in [-0.05, 0) is 0 Å². The lowest BCUT2D eigenvalue weighted by Crippen LogP contribution is -2.54. The van der Waals surface area contributed by atoms with Gasteiger partial charge < -0.3 is 10.6 Å². The number of carbonyl (C=O) groups excluding carboxylic acids is 2. The molecule has 4 nitrogen and oxygen atoms in total. The van der Waals surface area contributed by atoms with E-state index in [1.165, 1.54) is 13.8 Å². The topological polar surface area (TPSA) is 58.2 Å². The smallest absolute Gasteiger partial charge is 0.228 e. The molecule has 0 bridgehead atoms. The quantitative estimate of drug-likeness (QED) is 0.564. The van der Waals surface area contributed by atoms with Gasteiger partial charge in [0.25, 0.3) is 0 Å². The second kappa shape index (κ2) is 4.88. The van der Waals surface area contributed by atoms with E-state index in [9.17, 15) is 9.59 Å². The van der Waals surface area contributed by atoms with Crippen LogP contribution in [0.15, 0.2) is 0 Å². The summed E-state index contributed by atoms with van der Waals surface area (Å²) in [5, 5.41) is 4.57. The zero-order chi connectivity index (χ0) is 10.6. The van der Waals surface area contributed by atoms with Crippen LogP contribution in [0.1, 0.15) is 13.8 Å². The zero-order valence-electron chi connectivity index (χ0n) is 7.03. The number of nitrogens with one attached hydrogen (secondary N) is 2. The van der Waals surface area contributed by atoms with E-state index in [0.29, 0.717) is 0 Å². The fraction of sp³-hybridized carbons (Fsp3) is 0.667. The summed E-state index contributed by atoms with van der Waals surface area (Å²) in [6.45, 7) is 2.51.